The Morgan fingerprint density at radius 3 is 2.15 bits per heavy atom. The third-order valence-corrected chi connectivity index (χ3v) is 4.72. The van der Waals surface area contributed by atoms with Crippen molar-refractivity contribution in [2.24, 2.45) is 0 Å². The van der Waals surface area contributed by atoms with Crippen molar-refractivity contribution in [3.05, 3.63) is 53.7 Å². The number of nitrogens with one attached hydrogen (secondary N) is 1. The van der Waals surface area contributed by atoms with Crippen LogP contribution in [0.2, 0.25) is 0 Å². The van der Waals surface area contributed by atoms with E-state index in [0.717, 1.165) is 17.0 Å². The van der Waals surface area contributed by atoms with Crippen molar-refractivity contribution in [3.63, 3.8) is 0 Å². The smallest absolute Gasteiger partial charge is 0.493 e. The number of rotatable bonds is 9. The number of hydrogen-bond donors (Lipinski definition) is 1. The molecule has 1 heterocycles. The van der Waals surface area contributed by atoms with Crippen LogP contribution >= 0.6 is 0 Å². The van der Waals surface area contributed by atoms with E-state index in [1.165, 1.54) is 33.5 Å². The van der Waals surface area contributed by atoms with Crippen molar-refractivity contribution in [3.8, 4) is 17.2 Å². The van der Waals surface area contributed by atoms with E-state index in [4.69, 9.17) is 14.2 Å². The van der Waals surface area contributed by atoms with Crippen molar-refractivity contribution < 1.29 is 41.7 Å². The van der Waals surface area contributed by atoms with Gasteiger partial charge in [0.1, 0.15) is 11.4 Å². The molecule has 1 N–H and O–H groups in total. The Bertz CT molecular complexity index is 1070. The molecule has 11 heteroatoms. The van der Waals surface area contributed by atoms with Gasteiger partial charge in [-0.15, -0.1) is 13.2 Å². The summed E-state index contributed by atoms with van der Waals surface area (Å²) >= 11 is 0. The Kier molecular flexibility index (Phi) is 7.12. The number of benzene rings is 2. The fraction of sp³-hybridized carbons (Fsp3) is 0.273. The molecule has 2 amide bonds. The van der Waals surface area contributed by atoms with Gasteiger partial charge in [-0.05, 0) is 42.0 Å². The highest BCUT2D eigenvalue weighted by Gasteiger charge is 2.39. The molecule has 1 aliphatic rings. The summed E-state index contributed by atoms with van der Waals surface area (Å²) in [6, 6.07) is 9.54. The van der Waals surface area contributed by atoms with E-state index in [9.17, 15) is 22.8 Å². The Hall–Kier alpha value is -3.73. The first kappa shape index (κ1) is 23.9. The summed E-state index contributed by atoms with van der Waals surface area (Å²) < 4.78 is 56.6. The first-order chi connectivity index (χ1) is 15.7. The minimum Gasteiger partial charge on any atom is -0.493 e. The maximum atomic E-state index is 13.1. The Morgan fingerprint density at radius 2 is 1.58 bits per heavy atom. The fourth-order valence-corrected chi connectivity index (χ4v) is 3.22. The number of methoxy groups -OCH3 is 3. The second-order valence-electron chi connectivity index (χ2n) is 6.77. The van der Waals surface area contributed by atoms with E-state index in [2.05, 4.69) is 10.1 Å². The molecule has 3 rings (SSSR count). The van der Waals surface area contributed by atoms with Crippen LogP contribution < -0.4 is 19.5 Å². The second kappa shape index (κ2) is 9.82. The van der Waals surface area contributed by atoms with Crippen molar-refractivity contribution in [2.75, 3.05) is 39.8 Å². The quantitative estimate of drug-likeness (QED) is 0.567. The SMILES string of the molecule is COCCN1C(=O)C(Nc2ccc(OC(F)(F)F)cc2)=C(c2ccc(OC)c(OC)c2)C1=O. The van der Waals surface area contributed by atoms with Crippen LogP contribution in [-0.2, 0) is 14.3 Å². The highest BCUT2D eigenvalue weighted by Crippen LogP contribution is 2.36. The first-order valence-corrected chi connectivity index (χ1v) is 9.63. The van der Waals surface area contributed by atoms with E-state index in [-0.39, 0.29) is 30.1 Å². The van der Waals surface area contributed by atoms with Gasteiger partial charge in [0.15, 0.2) is 11.5 Å². The lowest BCUT2D eigenvalue weighted by Crippen LogP contribution is -2.35. The predicted octanol–water partition coefficient (Wildman–Crippen LogP) is 3.44. The number of anilines is 1. The third-order valence-electron chi connectivity index (χ3n) is 4.72. The molecule has 2 aromatic carbocycles. The van der Waals surface area contributed by atoms with Gasteiger partial charge in [0.05, 0.1) is 32.9 Å². The Balaban J connectivity index is 2.00. The summed E-state index contributed by atoms with van der Waals surface area (Å²) in [5.74, 6) is -0.783. The number of ether oxygens (including phenoxy) is 4. The van der Waals surface area contributed by atoms with Gasteiger partial charge >= 0.3 is 6.36 Å². The highest BCUT2D eigenvalue weighted by molar-refractivity contribution is 6.36. The van der Waals surface area contributed by atoms with Crippen LogP contribution in [-0.4, -0.2) is 57.6 Å². The minimum atomic E-state index is -4.83. The van der Waals surface area contributed by atoms with E-state index < -0.39 is 23.9 Å². The van der Waals surface area contributed by atoms with Crippen molar-refractivity contribution in [2.45, 2.75) is 6.36 Å². The van der Waals surface area contributed by atoms with Crippen LogP contribution in [0.3, 0.4) is 0 Å². The highest BCUT2D eigenvalue weighted by atomic mass is 19.4. The van der Waals surface area contributed by atoms with Crippen LogP contribution in [0.15, 0.2) is 48.2 Å². The summed E-state index contributed by atoms with van der Waals surface area (Å²) in [5.41, 5.74) is 0.721. The number of halogens is 3. The molecule has 0 saturated heterocycles. The van der Waals surface area contributed by atoms with Gasteiger partial charge in [0, 0.05) is 12.8 Å². The molecule has 176 valence electrons. The molecule has 0 saturated carbocycles. The topological polar surface area (TPSA) is 86.3 Å². The molecule has 8 nitrogen and oxygen atoms in total. The van der Waals surface area contributed by atoms with Gasteiger partial charge in [-0.25, -0.2) is 0 Å². The lowest BCUT2D eigenvalue weighted by Gasteiger charge is -2.14. The Labute approximate surface area is 187 Å². The molecule has 0 aliphatic carbocycles. The predicted molar refractivity (Wildman–Crippen MR) is 112 cm³/mol. The second-order valence-corrected chi connectivity index (χ2v) is 6.77. The van der Waals surface area contributed by atoms with Gasteiger partial charge < -0.3 is 24.3 Å². The van der Waals surface area contributed by atoms with Crippen molar-refractivity contribution in [1.82, 2.24) is 4.90 Å². The minimum absolute atomic E-state index is 0.0223. The van der Waals surface area contributed by atoms with Crippen molar-refractivity contribution >= 4 is 23.1 Å². The van der Waals surface area contributed by atoms with Crippen LogP contribution in [0, 0.1) is 0 Å². The van der Waals surface area contributed by atoms with Crippen LogP contribution in [0.5, 0.6) is 17.2 Å². The Morgan fingerprint density at radius 1 is 0.909 bits per heavy atom. The maximum Gasteiger partial charge on any atom is 0.573 e. The zero-order chi connectivity index (χ0) is 24.2. The molecule has 33 heavy (non-hydrogen) atoms. The number of carbonyl (C=O) groups is 2. The molecule has 0 unspecified atom stereocenters. The van der Waals surface area contributed by atoms with Gasteiger partial charge in [-0.2, -0.15) is 0 Å². The van der Waals surface area contributed by atoms with Crippen molar-refractivity contribution in [1.29, 1.82) is 0 Å². The first-order valence-electron chi connectivity index (χ1n) is 9.63. The molecule has 0 radical (unpaired) electrons. The third kappa shape index (κ3) is 5.37. The number of amides is 2. The summed E-state index contributed by atoms with van der Waals surface area (Å²) in [6.07, 6.45) is -4.83. The molecule has 0 atom stereocenters. The zero-order valence-electron chi connectivity index (χ0n) is 18.0. The zero-order valence-corrected chi connectivity index (χ0v) is 18.0. The lowest BCUT2D eigenvalue weighted by atomic mass is 10.0. The maximum absolute atomic E-state index is 13.1. The van der Waals surface area contributed by atoms with E-state index >= 15 is 0 Å². The summed E-state index contributed by atoms with van der Waals surface area (Å²) in [4.78, 5) is 27.2. The molecular formula is C22H21F3N2O6. The molecule has 0 fully saturated rings. The molecule has 0 aromatic heterocycles. The van der Waals surface area contributed by atoms with E-state index in [1.54, 1.807) is 18.2 Å². The lowest BCUT2D eigenvalue weighted by molar-refractivity contribution is -0.274. The molecule has 0 bridgehead atoms. The molecule has 0 spiro atoms. The summed E-state index contributed by atoms with van der Waals surface area (Å²) in [5, 5.41) is 2.85. The van der Waals surface area contributed by atoms with E-state index in [0.29, 0.717) is 17.1 Å². The van der Waals surface area contributed by atoms with Gasteiger partial charge in [0.25, 0.3) is 11.8 Å². The normalized spacial score (nSPS) is 14.1. The average Bonchev–Trinajstić information content (AvgIpc) is 3.01. The van der Waals surface area contributed by atoms with Crippen LogP contribution in [0.25, 0.3) is 5.57 Å². The number of hydrogen-bond acceptors (Lipinski definition) is 7. The average molecular weight is 466 g/mol. The molecule has 1 aliphatic heterocycles. The summed E-state index contributed by atoms with van der Waals surface area (Å²) in [6.45, 7) is 0.155. The van der Waals surface area contributed by atoms with Gasteiger partial charge in [-0.3, -0.25) is 14.5 Å². The molecule has 2 aromatic rings. The summed E-state index contributed by atoms with van der Waals surface area (Å²) in [7, 11) is 4.34. The number of carbonyl (C=O) groups excluding carboxylic acids is 2. The van der Waals surface area contributed by atoms with Gasteiger partial charge in [0.2, 0.25) is 0 Å². The number of imide groups is 1. The van der Waals surface area contributed by atoms with E-state index in [1.807, 2.05) is 0 Å². The standard InChI is InChI=1S/C22H21F3N2O6/c1-30-11-10-27-20(28)18(13-4-9-16(31-2)17(12-13)32-3)19(21(27)29)26-14-5-7-15(8-6-14)33-22(23,24)25/h4-9,12,26H,10-11H2,1-3H3. The molecular weight excluding hydrogens is 445 g/mol. The number of alkyl halides is 3. The van der Waals surface area contributed by atoms with Crippen LogP contribution in [0.4, 0.5) is 18.9 Å². The largest absolute Gasteiger partial charge is 0.573 e. The monoisotopic (exact) mass is 466 g/mol. The number of nitrogens with zero attached hydrogens (tertiary/aromatic N) is 1. The van der Waals surface area contributed by atoms with Gasteiger partial charge in [-0.1, -0.05) is 6.07 Å². The fourth-order valence-electron chi connectivity index (χ4n) is 3.22. The van der Waals surface area contributed by atoms with Crippen LogP contribution in [0.1, 0.15) is 5.56 Å².